The van der Waals surface area contributed by atoms with E-state index in [-0.39, 0.29) is 21.7 Å². The maximum Gasteiger partial charge on any atom is 0.244 e. The van der Waals surface area contributed by atoms with Gasteiger partial charge in [-0.1, -0.05) is 6.92 Å². The van der Waals surface area contributed by atoms with Crippen LogP contribution in [0.25, 0.3) is 0 Å². The predicted molar refractivity (Wildman–Crippen MR) is 74.4 cm³/mol. The molecule has 0 fully saturated rings. The van der Waals surface area contributed by atoms with Crippen LogP contribution in [-0.2, 0) is 10.0 Å². The second-order valence-electron chi connectivity index (χ2n) is 3.67. The molecule has 1 rings (SSSR count). The Bertz CT molecular complexity index is 537. The van der Waals surface area contributed by atoms with Crippen molar-refractivity contribution < 1.29 is 17.5 Å². The first kappa shape index (κ1) is 16.4. The van der Waals surface area contributed by atoms with E-state index in [1.165, 1.54) is 13.2 Å². The summed E-state index contributed by atoms with van der Waals surface area (Å²) in [4.78, 5) is -0.216. The predicted octanol–water partition coefficient (Wildman–Crippen LogP) is 1.48. The number of ether oxygens (including phenoxy) is 1. The Labute approximate surface area is 120 Å². The fourth-order valence-corrected chi connectivity index (χ4v) is 2.92. The molecule has 0 bridgehead atoms. The molecule has 5 nitrogen and oxygen atoms in total. The van der Waals surface area contributed by atoms with Crippen LogP contribution >= 0.6 is 15.9 Å². The molecule has 0 spiro atoms. The number of hydrogen-bond acceptors (Lipinski definition) is 4. The summed E-state index contributed by atoms with van der Waals surface area (Å²) in [7, 11) is -2.47. The van der Waals surface area contributed by atoms with Gasteiger partial charge in [-0.05, 0) is 34.6 Å². The van der Waals surface area contributed by atoms with Gasteiger partial charge in [0.2, 0.25) is 10.0 Å². The fourth-order valence-electron chi connectivity index (χ4n) is 1.41. The summed E-state index contributed by atoms with van der Waals surface area (Å²) in [6.07, 6.45) is 0. The zero-order valence-corrected chi connectivity index (χ0v) is 13.1. The second-order valence-corrected chi connectivity index (χ2v) is 6.26. The van der Waals surface area contributed by atoms with Crippen molar-refractivity contribution in [3.63, 3.8) is 0 Å². The van der Waals surface area contributed by atoms with E-state index in [0.717, 1.165) is 12.6 Å². The lowest BCUT2D eigenvalue weighted by Crippen LogP contribution is -2.32. The highest BCUT2D eigenvalue weighted by Crippen LogP contribution is 2.29. The van der Waals surface area contributed by atoms with E-state index >= 15 is 0 Å². The summed E-state index contributed by atoms with van der Waals surface area (Å²) in [5.74, 6) is -0.572. The molecule has 0 aliphatic rings. The zero-order valence-electron chi connectivity index (χ0n) is 10.7. The first-order valence-corrected chi connectivity index (χ1v) is 7.93. The van der Waals surface area contributed by atoms with Crippen molar-refractivity contribution in [3.8, 4) is 5.75 Å². The highest BCUT2D eigenvalue weighted by Gasteiger charge is 2.21. The average molecular weight is 355 g/mol. The van der Waals surface area contributed by atoms with Crippen molar-refractivity contribution in [1.82, 2.24) is 10.0 Å². The van der Waals surface area contributed by atoms with Gasteiger partial charge in [0, 0.05) is 13.1 Å². The number of sulfonamides is 1. The number of likely N-dealkylation sites (N-methyl/N-ethyl adjacent to an activating group) is 1. The van der Waals surface area contributed by atoms with Gasteiger partial charge >= 0.3 is 0 Å². The van der Waals surface area contributed by atoms with Gasteiger partial charge in [-0.15, -0.1) is 0 Å². The molecule has 0 heterocycles. The third kappa shape index (κ3) is 4.41. The van der Waals surface area contributed by atoms with Gasteiger partial charge in [-0.3, -0.25) is 0 Å². The third-order valence-corrected chi connectivity index (χ3v) is 4.43. The number of rotatable bonds is 7. The Balaban J connectivity index is 2.97. The molecular formula is C11H16BrFN2O3S. The normalized spacial score (nSPS) is 11.6. The molecular weight excluding hydrogens is 339 g/mol. The second kappa shape index (κ2) is 7.18. The van der Waals surface area contributed by atoms with E-state index in [1.807, 2.05) is 6.92 Å². The van der Waals surface area contributed by atoms with Crippen molar-refractivity contribution in [2.45, 2.75) is 11.8 Å². The molecule has 2 N–H and O–H groups in total. The van der Waals surface area contributed by atoms with E-state index in [9.17, 15) is 12.8 Å². The molecule has 0 saturated carbocycles. The number of halogens is 2. The van der Waals surface area contributed by atoms with Crippen LogP contribution in [0.15, 0.2) is 21.5 Å². The number of nitrogens with one attached hydrogen (secondary N) is 2. The average Bonchev–Trinajstić information content (AvgIpc) is 2.37. The molecule has 0 amide bonds. The monoisotopic (exact) mass is 354 g/mol. The number of methoxy groups -OCH3 is 1. The third-order valence-electron chi connectivity index (χ3n) is 2.34. The van der Waals surface area contributed by atoms with Crippen LogP contribution in [0.3, 0.4) is 0 Å². The molecule has 19 heavy (non-hydrogen) atoms. The van der Waals surface area contributed by atoms with Gasteiger partial charge in [0.15, 0.2) is 0 Å². The van der Waals surface area contributed by atoms with Crippen LogP contribution in [0.1, 0.15) is 6.92 Å². The summed E-state index contributed by atoms with van der Waals surface area (Å²) in [6.45, 7) is 3.38. The lowest BCUT2D eigenvalue weighted by Gasteiger charge is -2.11. The van der Waals surface area contributed by atoms with Crippen LogP contribution < -0.4 is 14.8 Å². The summed E-state index contributed by atoms with van der Waals surface area (Å²) in [5, 5.41) is 2.98. The van der Waals surface area contributed by atoms with Gasteiger partial charge in [-0.2, -0.15) is 0 Å². The fraction of sp³-hybridized carbons (Fsp3) is 0.455. The van der Waals surface area contributed by atoms with E-state index in [2.05, 4.69) is 26.0 Å². The molecule has 0 aliphatic carbocycles. The minimum atomic E-state index is -3.80. The Kier molecular flexibility index (Phi) is 6.18. The van der Waals surface area contributed by atoms with Gasteiger partial charge in [0.05, 0.1) is 11.6 Å². The van der Waals surface area contributed by atoms with Crippen LogP contribution in [0.5, 0.6) is 5.75 Å². The Hall–Kier alpha value is -0.700. The Morgan fingerprint density at radius 2 is 2.05 bits per heavy atom. The molecule has 1 aromatic rings. The molecule has 0 radical (unpaired) electrons. The topological polar surface area (TPSA) is 67.4 Å². The van der Waals surface area contributed by atoms with Gasteiger partial charge < -0.3 is 10.1 Å². The molecule has 0 unspecified atom stereocenters. The largest absolute Gasteiger partial charge is 0.495 e. The quantitative estimate of drug-likeness (QED) is 0.728. The Morgan fingerprint density at radius 3 is 2.63 bits per heavy atom. The van der Waals surface area contributed by atoms with Gasteiger partial charge in [0.1, 0.15) is 16.5 Å². The van der Waals surface area contributed by atoms with Crippen molar-refractivity contribution in [1.29, 1.82) is 0 Å². The Morgan fingerprint density at radius 1 is 1.37 bits per heavy atom. The smallest absolute Gasteiger partial charge is 0.244 e. The highest BCUT2D eigenvalue weighted by molar-refractivity contribution is 9.10. The lowest BCUT2D eigenvalue weighted by molar-refractivity contribution is 0.400. The SMILES string of the molecule is CCNCCNS(=O)(=O)c1cc(F)c(Br)cc1OC. The molecule has 0 aromatic heterocycles. The minimum Gasteiger partial charge on any atom is -0.495 e. The van der Waals surface area contributed by atoms with Crippen molar-refractivity contribution in [2.24, 2.45) is 0 Å². The maximum atomic E-state index is 13.5. The molecule has 0 aliphatic heterocycles. The molecule has 0 saturated heterocycles. The first-order valence-electron chi connectivity index (χ1n) is 5.65. The standard InChI is InChI=1S/C11H16BrFN2O3S/c1-3-14-4-5-15-19(16,17)11-7-9(13)8(12)6-10(11)18-2/h6-7,14-15H,3-5H2,1-2H3. The van der Waals surface area contributed by atoms with Crippen LogP contribution in [0, 0.1) is 5.82 Å². The van der Waals surface area contributed by atoms with Crippen molar-refractivity contribution in [3.05, 3.63) is 22.4 Å². The molecule has 0 atom stereocenters. The number of benzene rings is 1. The summed E-state index contributed by atoms with van der Waals surface area (Å²) in [6, 6.07) is 2.21. The molecule has 108 valence electrons. The maximum absolute atomic E-state index is 13.5. The van der Waals surface area contributed by atoms with Crippen LogP contribution in [0.4, 0.5) is 4.39 Å². The number of hydrogen-bond donors (Lipinski definition) is 2. The summed E-state index contributed by atoms with van der Waals surface area (Å²) in [5.41, 5.74) is 0. The van der Waals surface area contributed by atoms with E-state index in [4.69, 9.17) is 4.74 Å². The van der Waals surface area contributed by atoms with Crippen LogP contribution in [-0.4, -0.2) is 35.2 Å². The zero-order chi connectivity index (χ0) is 14.5. The van der Waals surface area contributed by atoms with Crippen molar-refractivity contribution >= 4 is 26.0 Å². The molecule has 1 aromatic carbocycles. The minimum absolute atomic E-state index is 0.0872. The lowest BCUT2D eigenvalue weighted by atomic mass is 10.3. The van der Waals surface area contributed by atoms with E-state index in [1.54, 1.807) is 0 Å². The van der Waals surface area contributed by atoms with Gasteiger partial charge in [-0.25, -0.2) is 17.5 Å². The van der Waals surface area contributed by atoms with E-state index < -0.39 is 15.8 Å². The summed E-state index contributed by atoms with van der Waals surface area (Å²) < 4.78 is 45.0. The van der Waals surface area contributed by atoms with Gasteiger partial charge in [0.25, 0.3) is 0 Å². The highest BCUT2D eigenvalue weighted by atomic mass is 79.9. The summed E-state index contributed by atoms with van der Waals surface area (Å²) >= 11 is 2.98. The van der Waals surface area contributed by atoms with Crippen LogP contribution in [0.2, 0.25) is 0 Å². The first-order chi connectivity index (χ1) is 8.92. The molecule has 8 heteroatoms. The van der Waals surface area contributed by atoms with Crippen molar-refractivity contribution in [2.75, 3.05) is 26.7 Å². The van der Waals surface area contributed by atoms with E-state index in [0.29, 0.717) is 6.54 Å².